The molecule has 0 aromatic heterocycles. The third-order valence-corrected chi connectivity index (χ3v) is 2.61. The van der Waals surface area contributed by atoms with Gasteiger partial charge in [-0.25, -0.2) is 4.39 Å². The molecule has 0 heterocycles. The summed E-state index contributed by atoms with van der Waals surface area (Å²) in [6.45, 7) is 7.22. The van der Waals surface area contributed by atoms with E-state index in [1.54, 1.807) is 19.1 Å². The van der Waals surface area contributed by atoms with Crippen molar-refractivity contribution in [1.29, 1.82) is 0 Å². The van der Waals surface area contributed by atoms with Crippen molar-refractivity contribution in [3.8, 4) is 0 Å². The van der Waals surface area contributed by atoms with Crippen LogP contribution in [0.15, 0.2) is 24.3 Å². The molecule has 0 aliphatic carbocycles. The normalized spacial score (nSPS) is 12.6. The third-order valence-electron chi connectivity index (χ3n) is 2.61. The van der Waals surface area contributed by atoms with Gasteiger partial charge in [0.1, 0.15) is 5.82 Å². The molecule has 0 saturated carbocycles. The quantitative estimate of drug-likeness (QED) is 0.773. The standard InChI is InChI=1S/C15H22FN3O2/c1-10(14(21)19-15(2,3)4)17-9-13(20)18-12-8-6-5-7-11(12)16/h5-8,10,17H,9H2,1-4H3,(H,18,20)(H,19,21). The molecular weight excluding hydrogens is 273 g/mol. The van der Waals surface area contributed by atoms with Gasteiger partial charge in [-0.1, -0.05) is 12.1 Å². The Balaban J connectivity index is 2.43. The van der Waals surface area contributed by atoms with Crippen LogP contribution in [0.4, 0.5) is 10.1 Å². The molecule has 21 heavy (non-hydrogen) atoms. The number of hydrogen-bond donors (Lipinski definition) is 3. The van der Waals surface area contributed by atoms with Crippen LogP contribution in [0.2, 0.25) is 0 Å². The number of para-hydroxylation sites is 1. The molecule has 116 valence electrons. The molecule has 0 aliphatic heterocycles. The first kappa shape index (κ1) is 17.1. The van der Waals surface area contributed by atoms with Crippen molar-refractivity contribution >= 4 is 17.5 Å². The highest BCUT2D eigenvalue weighted by atomic mass is 19.1. The van der Waals surface area contributed by atoms with Gasteiger partial charge in [-0.15, -0.1) is 0 Å². The fourth-order valence-corrected chi connectivity index (χ4v) is 1.57. The van der Waals surface area contributed by atoms with E-state index in [2.05, 4.69) is 16.0 Å². The zero-order chi connectivity index (χ0) is 16.0. The van der Waals surface area contributed by atoms with Crippen LogP contribution in [0.5, 0.6) is 0 Å². The van der Waals surface area contributed by atoms with E-state index in [4.69, 9.17) is 0 Å². The minimum atomic E-state index is -0.518. The van der Waals surface area contributed by atoms with Crippen molar-refractivity contribution in [3.05, 3.63) is 30.1 Å². The molecule has 0 aliphatic rings. The summed E-state index contributed by atoms with van der Waals surface area (Å²) >= 11 is 0. The van der Waals surface area contributed by atoms with Gasteiger partial charge in [-0.2, -0.15) is 0 Å². The van der Waals surface area contributed by atoms with E-state index >= 15 is 0 Å². The van der Waals surface area contributed by atoms with Gasteiger partial charge in [-0.3, -0.25) is 14.9 Å². The van der Waals surface area contributed by atoms with E-state index in [1.165, 1.54) is 12.1 Å². The summed E-state index contributed by atoms with van der Waals surface area (Å²) in [6.07, 6.45) is 0. The number of carbonyl (C=O) groups is 2. The largest absolute Gasteiger partial charge is 0.350 e. The topological polar surface area (TPSA) is 70.2 Å². The lowest BCUT2D eigenvalue weighted by Crippen LogP contribution is -2.50. The van der Waals surface area contributed by atoms with Crippen molar-refractivity contribution in [2.75, 3.05) is 11.9 Å². The van der Waals surface area contributed by atoms with E-state index in [0.717, 1.165) is 0 Å². The van der Waals surface area contributed by atoms with E-state index < -0.39 is 17.8 Å². The van der Waals surface area contributed by atoms with Gasteiger partial charge in [0, 0.05) is 5.54 Å². The number of benzene rings is 1. The maximum atomic E-state index is 13.4. The Hall–Kier alpha value is -1.95. The van der Waals surface area contributed by atoms with Crippen molar-refractivity contribution in [2.24, 2.45) is 0 Å². The van der Waals surface area contributed by atoms with E-state index in [1.807, 2.05) is 20.8 Å². The number of hydrogen-bond acceptors (Lipinski definition) is 3. The third kappa shape index (κ3) is 6.35. The van der Waals surface area contributed by atoms with Gasteiger partial charge in [0.15, 0.2) is 0 Å². The van der Waals surface area contributed by atoms with Gasteiger partial charge in [0.25, 0.3) is 0 Å². The maximum absolute atomic E-state index is 13.4. The summed E-state index contributed by atoms with van der Waals surface area (Å²) in [5.41, 5.74) is -0.210. The molecule has 0 saturated heterocycles. The SMILES string of the molecule is CC(NCC(=O)Nc1ccccc1F)C(=O)NC(C)(C)C. The smallest absolute Gasteiger partial charge is 0.238 e. The van der Waals surface area contributed by atoms with Gasteiger partial charge < -0.3 is 10.6 Å². The molecule has 0 radical (unpaired) electrons. The lowest BCUT2D eigenvalue weighted by Gasteiger charge is -2.23. The van der Waals surface area contributed by atoms with Gasteiger partial charge in [0.2, 0.25) is 11.8 Å². The maximum Gasteiger partial charge on any atom is 0.238 e. The Morgan fingerprint density at radius 2 is 1.86 bits per heavy atom. The lowest BCUT2D eigenvalue weighted by atomic mass is 10.1. The summed E-state index contributed by atoms with van der Waals surface area (Å²) in [6, 6.07) is 5.40. The molecule has 1 rings (SSSR count). The van der Waals surface area contributed by atoms with Crippen LogP contribution < -0.4 is 16.0 Å². The first-order valence-electron chi connectivity index (χ1n) is 6.79. The Morgan fingerprint density at radius 1 is 1.24 bits per heavy atom. The Morgan fingerprint density at radius 3 is 2.43 bits per heavy atom. The summed E-state index contributed by atoms with van der Waals surface area (Å²) in [7, 11) is 0. The second kappa shape index (κ2) is 7.17. The summed E-state index contributed by atoms with van der Waals surface area (Å²) < 4.78 is 13.4. The zero-order valence-corrected chi connectivity index (χ0v) is 12.8. The molecular formula is C15H22FN3O2. The van der Waals surface area contributed by atoms with Crippen LogP contribution in [0.1, 0.15) is 27.7 Å². The first-order chi connectivity index (χ1) is 9.69. The molecule has 1 atom stereocenters. The number of amides is 2. The highest BCUT2D eigenvalue weighted by Crippen LogP contribution is 2.11. The monoisotopic (exact) mass is 295 g/mol. The van der Waals surface area contributed by atoms with Crippen molar-refractivity contribution in [3.63, 3.8) is 0 Å². The van der Waals surface area contributed by atoms with Crippen LogP contribution in [0, 0.1) is 5.82 Å². The molecule has 2 amide bonds. The van der Waals surface area contributed by atoms with Crippen LogP contribution in [-0.2, 0) is 9.59 Å². The minimum Gasteiger partial charge on any atom is -0.350 e. The van der Waals surface area contributed by atoms with E-state index in [-0.39, 0.29) is 23.7 Å². The summed E-state index contributed by atoms with van der Waals surface area (Å²) in [5.74, 6) is -1.10. The molecule has 3 N–H and O–H groups in total. The Kier molecular flexibility index (Phi) is 5.84. The second-order valence-corrected chi connectivity index (χ2v) is 5.87. The average molecular weight is 295 g/mol. The summed E-state index contributed by atoms with van der Waals surface area (Å²) in [5, 5.41) is 8.05. The number of nitrogens with one attached hydrogen (secondary N) is 3. The predicted molar refractivity (Wildman–Crippen MR) is 80.4 cm³/mol. The van der Waals surface area contributed by atoms with Crippen molar-refractivity contribution in [1.82, 2.24) is 10.6 Å². The Bertz CT molecular complexity index is 512. The van der Waals surface area contributed by atoms with Crippen LogP contribution >= 0.6 is 0 Å². The van der Waals surface area contributed by atoms with E-state index in [9.17, 15) is 14.0 Å². The molecule has 6 heteroatoms. The van der Waals surface area contributed by atoms with Gasteiger partial charge >= 0.3 is 0 Å². The fourth-order valence-electron chi connectivity index (χ4n) is 1.57. The van der Waals surface area contributed by atoms with Gasteiger partial charge in [-0.05, 0) is 39.8 Å². The number of rotatable bonds is 5. The van der Waals surface area contributed by atoms with Crippen LogP contribution in [0.3, 0.4) is 0 Å². The van der Waals surface area contributed by atoms with Crippen molar-refractivity contribution in [2.45, 2.75) is 39.3 Å². The highest BCUT2D eigenvalue weighted by molar-refractivity contribution is 5.93. The molecule has 1 aromatic carbocycles. The minimum absolute atomic E-state index is 0.0763. The molecule has 0 fully saturated rings. The van der Waals surface area contributed by atoms with E-state index in [0.29, 0.717) is 0 Å². The van der Waals surface area contributed by atoms with Crippen molar-refractivity contribution < 1.29 is 14.0 Å². The number of halogens is 1. The molecule has 1 unspecified atom stereocenters. The zero-order valence-electron chi connectivity index (χ0n) is 12.8. The average Bonchev–Trinajstić information content (AvgIpc) is 2.36. The molecule has 5 nitrogen and oxygen atoms in total. The molecule has 1 aromatic rings. The molecule has 0 bridgehead atoms. The second-order valence-electron chi connectivity index (χ2n) is 5.87. The fraction of sp³-hybridized carbons (Fsp3) is 0.467. The van der Waals surface area contributed by atoms with Crippen LogP contribution in [-0.4, -0.2) is 29.9 Å². The molecule has 0 spiro atoms. The lowest BCUT2D eigenvalue weighted by molar-refractivity contribution is -0.124. The van der Waals surface area contributed by atoms with Gasteiger partial charge in [0.05, 0.1) is 18.3 Å². The number of carbonyl (C=O) groups excluding carboxylic acids is 2. The number of anilines is 1. The predicted octanol–water partition coefficient (Wildman–Crippen LogP) is 1.66. The Labute approximate surface area is 124 Å². The first-order valence-corrected chi connectivity index (χ1v) is 6.79. The summed E-state index contributed by atoms with van der Waals surface area (Å²) in [4.78, 5) is 23.5. The van der Waals surface area contributed by atoms with Crippen LogP contribution in [0.25, 0.3) is 0 Å². The highest BCUT2D eigenvalue weighted by Gasteiger charge is 2.19.